The predicted octanol–water partition coefficient (Wildman–Crippen LogP) is 0.545. The van der Waals surface area contributed by atoms with Crippen LogP contribution in [0.2, 0.25) is 0 Å². The van der Waals surface area contributed by atoms with Crippen molar-refractivity contribution in [3.63, 3.8) is 0 Å². The van der Waals surface area contributed by atoms with Crippen molar-refractivity contribution >= 4 is 17.1 Å². The van der Waals surface area contributed by atoms with Crippen molar-refractivity contribution in [3.05, 3.63) is 47.0 Å². The molecule has 1 aliphatic rings. The van der Waals surface area contributed by atoms with E-state index < -0.39 is 0 Å². The molecule has 1 amide bonds. The number of pyridine rings is 1. The highest BCUT2D eigenvalue weighted by Gasteiger charge is 2.31. The van der Waals surface area contributed by atoms with Gasteiger partial charge in [0.05, 0.1) is 24.1 Å². The van der Waals surface area contributed by atoms with Crippen molar-refractivity contribution in [2.24, 2.45) is 7.05 Å². The van der Waals surface area contributed by atoms with E-state index in [9.17, 15) is 9.59 Å². The number of hydrogen-bond acceptors (Lipinski definition) is 4. The average molecular weight is 312 g/mol. The fourth-order valence-corrected chi connectivity index (χ4v) is 3.16. The van der Waals surface area contributed by atoms with Gasteiger partial charge in [-0.3, -0.25) is 9.36 Å². The molecule has 3 aromatic heterocycles. The van der Waals surface area contributed by atoms with Gasteiger partial charge in [-0.2, -0.15) is 0 Å². The molecule has 23 heavy (non-hydrogen) atoms. The predicted molar refractivity (Wildman–Crippen MR) is 83.1 cm³/mol. The number of carbonyl (C=O) groups excluding carboxylic acids is 1. The maximum Gasteiger partial charge on any atom is 0.327 e. The summed E-state index contributed by atoms with van der Waals surface area (Å²) in [5.74, 6) is -0.0617. The Balaban J connectivity index is 1.63. The number of carbonyl (C=O) groups is 1. The SMILES string of the molecule is Cn1cncc1C(=O)N1CC[C@@H](n2c(=O)[nH]c3cccnc32)C1. The zero-order valence-corrected chi connectivity index (χ0v) is 12.6. The molecular formula is C15H16N6O2. The number of fused-ring (bicyclic) bond motifs is 1. The third-order valence-electron chi connectivity index (χ3n) is 4.33. The molecule has 0 bridgehead atoms. The third-order valence-corrected chi connectivity index (χ3v) is 4.33. The van der Waals surface area contributed by atoms with Crippen molar-refractivity contribution in [1.82, 2.24) is 29.0 Å². The van der Waals surface area contributed by atoms with Crippen molar-refractivity contribution in [1.29, 1.82) is 0 Å². The fourth-order valence-electron chi connectivity index (χ4n) is 3.16. The molecule has 1 N–H and O–H groups in total. The van der Waals surface area contributed by atoms with Crippen LogP contribution in [-0.2, 0) is 7.05 Å². The molecule has 8 nitrogen and oxygen atoms in total. The summed E-state index contributed by atoms with van der Waals surface area (Å²) in [6.07, 6.45) is 5.57. The highest BCUT2D eigenvalue weighted by Crippen LogP contribution is 2.24. The molecule has 1 fully saturated rings. The molecular weight excluding hydrogens is 296 g/mol. The van der Waals surface area contributed by atoms with Gasteiger partial charge in [0.1, 0.15) is 5.69 Å². The Morgan fingerprint density at radius 3 is 3.09 bits per heavy atom. The van der Waals surface area contributed by atoms with Crippen LogP contribution < -0.4 is 5.69 Å². The van der Waals surface area contributed by atoms with E-state index in [1.807, 2.05) is 6.07 Å². The van der Waals surface area contributed by atoms with Crippen LogP contribution in [0, 0.1) is 0 Å². The first-order chi connectivity index (χ1) is 11.1. The van der Waals surface area contributed by atoms with Crippen LogP contribution in [-0.4, -0.2) is 48.0 Å². The van der Waals surface area contributed by atoms with Crippen LogP contribution in [0.1, 0.15) is 23.0 Å². The first-order valence-corrected chi connectivity index (χ1v) is 7.46. The molecule has 8 heteroatoms. The van der Waals surface area contributed by atoms with E-state index in [0.29, 0.717) is 29.9 Å². The highest BCUT2D eigenvalue weighted by molar-refractivity contribution is 5.92. The number of nitrogens with one attached hydrogen (secondary N) is 1. The Bertz CT molecular complexity index is 937. The number of hydrogen-bond donors (Lipinski definition) is 1. The van der Waals surface area contributed by atoms with E-state index in [-0.39, 0.29) is 17.6 Å². The number of rotatable bonds is 2. The van der Waals surface area contributed by atoms with Gasteiger partial charge in [0, 0.05) is 26.3 Å². The van der Waals surface area contributed by atoms with Gasteiger partial charge in [0.2, 0.25) is 0 Å². The van der Waals surface area contributed by atoms with E-state index in [4.69, 9.17) is 0 Å². The van der Waals surface area contributed by atoms with E-state index in [1.54, 1.807) is 45.9 Å². The number of aromatic amines is 1. The third kappa shape index (κ3) is 2.14. The second kappa shape index (κ2) is 5.08. The molecule has 4 heterocycles. The standard InChI is InChI=1S/C15H16N6O2/c1-19-9-16-7-12(19)14(22)20-6-4-10(8-20)21-13-11(18-15(21)23)3-2-5-17-13/h2-3,5,7,9-10H,4,6,8H2,1H3,(H,18,23)/t10-/m1/s1. The monoisotopic (exact) mass is 312 g/mol. The Morgan fingerprint density at radius 1 is 1.43 bits per heavy atom. The number of imidazole rings is 2. The lowest BCUT2D eigenvalue weighted by molar-refractivity contribution is 0.0778. The van der Waals surface area contributed by atoms with Gasteiger partial charge in [-0.25, -0.2) is 14.8 Å². The number of likely N-dealkylation sites (tertiary alicyclic amines) is 1. The summed E-state index contributed by atoms with van der Waals surface area (Å²) in [6.45, 7) is 1.11. The van der Waals surface area contributed by atoms with Gasteiger partial charge in [0.25, 0.3) is 5.91 Å². The van der Waals surface area contributed by atoms with Gasteiger partial charge < -0.3 is 14.5 Å². The van der Waals surface area contributed by atoms with Crippen molar-refractivity contribution in [2.75, 3.05) is 13.1 Å². The normalized spacial score (nSPS) is 18.0. The molecule has 0 aromatic carbocycles. The van der Waals surface area contributed by atoms with Crippen molar-refractivity contribution in [2.45, 2.75) is 12.5 Å². The van der Waals surface area contributed by atoms with Crippen LogP contribution in [0.4, 0.5) is 0 Å². The van der Waals surface area contributed by atoms with Crippen LogP contribution in [0.15, 0.2) is 35.6 Å². The van der Waals surface area contributed by atoms with Crippen LogP contribution >= 0.6 is 0 Å². The highest BCUT2D eigenvalue weighted by atomic mass is 16.2. The van der Waals surface area contributed by atoms with E-state index in [1.165, 1.54) is 0 Å². The zero-order valence-electron chi connectivity index (χ0n) is 12.6. The second-order valence-electron chi connectivity index (χ2n) is 5.76. The number of nitrogens with zero attached hydrogens (tertiary/aromatic N) is 5. The molecule has 1 saturated heterocycles. The lowest BCUT2D eigenvalue weighted by Gasteiger charge is -2.17. The summed E-state index contributed by atoms with van der Waals surface area (Å²) < 4.78 is 3.36. The topological polar surface area (TPSA) is 88.8 Å². The Hall–Kier alpha value is -2.90. The van der Waals surface area contributed by atoms with E-state index in [0.717, 1.165) is 6.42 Å². The average Bonchev–Trinajstić information content (AvgIpc) is 3.23. The molecule has 1 aliphatic heterocycles. The smallest absolute Gasteiger partial charge is 0.327 e. The summed E-state index contributed by atoms with van der Waals surface area (Å²) in [7, 11) is 1.79. The largest absolute Gasteiger partial charge is 0.335 e. The molecule has 0 unspecified atom stereocenters. The zero-order chi connectivity index (χ0) is 16.0. The minimum absolute atomic E-state index is 0.0617. The van der Waals surface area contributed by atoms with Crippen molar-refractivity contribution in [3.8, 4) is 0 Å². The summed E-state index contributed by atoms with van der Waals surface area (Å²) in [5.41, 5.74) is 1.72. The molecule has 0 spiro atoms. The lowest BCUT2D eigenvalue weighted by Crippen LogP contribution is -2.31. The van der Waals surface area contributed by atoms with Gasteiger partial charge in [-0.05, 0) is 18.6 Å². The molecule has 3 aromatic rings. The Kier molecular flexibility index (Phi) is 3.03. The first kappa shape index (κ1) is 13.7. The first-order valence-electron chi connectivity index (χ1n) is 7.46. The van der Waals surface area contributed by atoms with Gasteiger partial charge in [-0.1, -0.05) is 0 Å². The maximum absolute atomic E-state index is 12.5. The van der Waals surface area contributed by atoms with E-state index >= 15 is 0 Å². The molecule has 0 saturated carbocycles. The summed E-state index contributed by atoms with van der Waals surface area (Å²) in [6, 6.07) is 3.55. The number of aromatic nitrogens is 5. The molecule has 0 aliphatic carbocycles. The van der Waals surface area contributed by atoms with Gasteiger partial charge in [-0.15, -0.1) is 0 Å². The minimum atomic E-state index is -0.182. The van der Waals surface area contributed by atoms with Gasteiger partial charge in [0.15, 0.2) is 5.65 Å². The number of aryl methyl sites for hydroxylation is 1. The summed E-state index contributed by atoms with van der Waals surface area (Å²) in [4.78, 5) is 37.6. The second-order valence-corrected chi connectivity index (χ2v) is 5.76. The van der Waals surface area contributed by atoms with Gasteiger partial charge >= 0.3 is 5.69 Å². The summed E-state index contributed by atoms with van der Waals surface area (Å²) in [5, 5.41) is 0. The van der Waals surface area contributed by atoms with Crippen LogP contribution in [0.25, 0.3) is 11.2 Å². The quantitative estimate of drug-likeness (QED) is 0.748. The number of H-pyrrole nitrogens is 1. The minimum Gasteiger partial charge on any atom is -0.335 e. The van der Waals surface area contributed by atoms with Crippen molar-refractivity contribution < 1.29 is 4.79 Å². The van der Waals surface area contributed by atoms with Crippen LogP contribution in [0.5, 0.6) is 0 Å². The van der Waals surface area contributed by atoms with E-state index in [2.05, 4.69) is 15.0 Å². The Morgan fingerprint density at radius 2 is 2.30 bits per heavy atom. The van der Waals surface area contributed by atoms with Crippen LogP contribution in [0.3, 0.4) is 0 Å². The lowest BCUT2D eigenvalue weighted by atomic mass is 10.2. The summed E-state index contributed by atoms with van der Waals surface area (Å²) >= 11 is 0. The molecule has 0 radical (unpaired) electrons. The molecule has 4 rings (SSSR count). The Labute approximate surface area is 131 Å². The molecule has 1 atom stereocenters. The molecule has 118 valence electrons. The number of amides is 1. The maximum atomic E-state index is 12.5. The fraction of sp³-hybridized carbons (Fsp3) is 0.333.